The monoisotopic (exact) mass is 536 g/mol. The zero-order valence-corrected chi connectivity index (χ0v) is 20.1. The highest BCUT2D eigenvalue weighted by molar-refractivity contribution is 6.23. The van der Waals surface area contributed by atoms with Crippen molar-refractivity contribution < 1.29 is 53.3 Å². The van der Waals surface area contributed by atoms with Crippen molar-refractivity contribution in [3.63, 3.8) is 0 Å². The van der Waals surface area contributed by atoms with Crippen molar-refractivity contribution in [2.45, 2.75) is 37.8 Å². The number of carboxylic acids is 2. The van der Waals surface area contributed by atoms with Crippen LogP contribution >= 0.6 is 0 Å². The number of aliphatic carboxylic acids is 2. The second kappa shape index (κ2) is 10.7. The second-order valence-electron chi connectivity index (χ2n) is 8.69. The number of amides is 4. The minimum absolute atomic E-state index is 0.0177. The van der Waals surface area contributed by atoms with Crippen LogP contribution in [0.1, 0.15) is 67.1 Å². The molecular weight excluding hydrogens is 516 g/mol. The summed E-state index contributed by atoms with van der Waals surface area (Å²) < 4.78 is 4.48. The Morgan fingerprint density at radius 1 is 0.795 bits per heavy atom. The number of rotatable bonds is 6. The van der Waals surface area contributed by atoms with Crippen LogP contribution in [0.2, 0.25) is 0 Å². The quantitative estimate of drug-likeness (QED) is 0.305. The van der Waals surface area contributed by atoms with Gasteiger partial charge in [0.15, 0.2) is 0 Å². The molecule has 2 aromatic carbocycles. The number of hydrogen-bond acceptors (Lipinski definition) is 9. The molecule has 13 heteroatoms. The van der Waals surface area contributed by atoms with Crippen LogP contribution < -0.4 is 0 Å². The normalized spacial score (nSPS) is 18.7. The van der Waals surface area contributed by atoms with Crippen molar-refractivity contribution in [1.29, 1.82) is 0 Å². The second-order valence-corrected chi connectivity index (χ2v) is 8.69. The molecule has 2 atom stereocenters. The van der Waals surface area contributed by atoms with E-state index in [1.807, 2.05) is 0 Å². The molecule has 39 heavy (non-hydrogen) atoms. The van der Waals surface area contributed by atoms with Gasteiger partial charge in [0, 0.05) is 12.8 Å². The molecule has 13 nitrogen and oxygen atoms in total. The predicted octanol–water partition coefficient (Wildman–Crippen LogP) is 1.12. The maximum atomic E-state index is 12.1. The Labute approximate surface area is 219 Å². The Bertz CT molecular complexity index is 1380. The van der Waals surface area contributed by atoms with E-state index in [0.29, 0.717) is 4.90 Å². The molecule has 0 unspecified atom stereocenters. The van der Waals surface area contributed by atoms with Crippen molar-refractivity contribution in [3.05, 3.63) is 70.8 Å². The van der Waals surface area contributed by atoms with Gasteiger partial charge in [0.25, 0.3) is 23.6 Å². The fourth-order valence-corrected chi connectivity index (χ4v) is 4.44. The fourth-order valence-electron chi connectivity index (χ4n) is 4.44. The highest BCUT2D eigenvalue weighted by Gasteiger charge is 2.45. The van der Waals surface area contributed by atoms with Crippen molar-refractivity contribution in [1.82, 2.24) is 9.80 Å². The van der Waals surface area contributed by atoms with Gasteiger partial charge in [-0.2, -0.15) is 0 Å². The lowest BCUT2D eigenvalue weighted by Crippen LogP contribution is -2.48. The van der Waals surface area contributed by atoms with E-state index in [1.54, 1.807) is 24.3 Å². The van der Waals surface area contributed by atoms with E-state index >= 15 is 0 Å². The fraction of sp³-hybridized carbons (Fsp3) is 0.231. The number of imide groups is 2. The van der Waals surface area contributed by atoms with Gasteiger partial charge in [0.2, 0.25) is 0 Å². The molecule has 3 aliphatic rings. The number of esters is 2. The first-order chi connectivity index (χ1) is 18.5. The van der Waals surface area contributed by atoms with Crippen LogP contribution in [0.5, 0.6) is 0 Å². The molecule has 2 aromatic rings. The Kier molecular flexibility index (Phi) is 7.33. The molecule has 0 bridgehead atoms. The highest BCUT2D eigenvalue weighted by atomic mass is 16.6. The van der Waals surface area contributed by atoms with Crippen LogP contribution in [0, 0.1) is 0 Å². The summed E-state index contributed by atoms with van der Waals surface area (Å²) in [4.78, 5) is 94.4. The van der Waals surface area contributed by atoms with Gasteiger partial charge in [-0.25, -0.2) is 9.59 Å². The molecule has 0 aromatic heterocycles. The minimum atomic E-state index is -1.47. The topological polar surface area (TPSA) is 193 Å². The molecule has 0 aliphatic carbocycles. The van der Waals surface area contributed by atoms with Gasteiger partial charge in [-0.05, 0) is 37.1 Å². The summed E-state index contributed by atoms with van der Waals surface area (Å²) in [5.74, 6) is -6.50. The first-order valence-corrected chi connectivity index (χ1v) is 11.7. The van der Waals surface area contributed by atoms with Gasteiger partial charge in [-0.3, -0.25) is 38.6 Å². The lowest BCUT2D eigenvalue weighted by molar-refractivity contribution is -0.167. The van der Waals surface area contributed by atoms with Gasteiger partial charge >= 0.3 is 23.9 Å². The maximum Gasteiger partial charge on any atom is 0.337 e. The third-order valence-corrected chi connectivity index (χ3v) is 6.30. The predicted molar refractivity (Wildman–Crippen MR) is 126 cm³/mol. The molecule has 2 N–H and O–H groups in total. The van der Waals surface area contributed by atoms with Crippen LogP contribution in [-0.4, -0.2) is 79.6 Å². The first-order valence-electron chi connectivity index (χ1n) is 11.7. The molecule has 1 fully saturated rings. The summed E-state index contributed by atoms with van der Waals surface area (Å²) >= 11 is 0. The number of carbonyl (C=O) groups excluding carboxylic acids is 6. The van der Waals surface area contributed by atoms with Crippen molar-refractivity contribution in [3.8, 4) is 0 Å². The van der Waals surface area contributed by atoms with E-state index in [1.165, 1.54) is 24.3 Å². The van der Waals surface area contributed by atoms with Crippen molar-refractivity contribution >= 4 is 47.5 Å². The minimum Gasteiger partial charge on any atom is -0.481 e. The Balaban J connectivity index is 0.000000181. The number of carbonyl (C=O) groups is 8. The standard InChI is InChI=1S/C13H11NO6.C13H9NO5/c15-10(16)6-5-9(13(19)20)14-11(17)7-3-1-2-4-8(7)12(14)18;15-10-6-5-9(13(18)19-10)14-11(16)7-3-1-2-4-8(7)12(14)17/h1-4,9H,5-6H2,(H,15,16)(H,19,20);1-4,9H,5-6H2/t2*9-/m00/s1. The van der Waals surface area contributed by atoms with E-state index < -0.39 is 66.0 Å². The summed E-state index contributed by atoms with van der Waals surface area (Å²) in [5, 5.41) is 17.7. The Hall–Kier alpha value is -5.20. The van der Waals surface area contributed by atoms with Gasteiger partial charge < -0.3 is 14.9 Å². The SMILES string of the molecule is O=C(O)CC[C@@H](C(=O)O)N1C(=O)c2ccccc2C1=O.O=C1CC[C@H](N2C(=O)c3ccccc3C2=O)C(=O)O1. The maximum absolute atomic E-state index is 12.1. The van der Waals surface area contributed by atoms with Crippen LogP contribution in [0.15, 0.2) is 48.5 Å². The first kappa shape index (κ1) is 26.9. The van der Waals surface area contributed by atoms with E-state index in [-0.39, 0.29) is 41.5 Å². The molecule has 5 rings (SSSR count). The third-order valence-electron chi connectivity index (χ3n) is 6.30. The smallest absolute Gasteiger partial charge is 0.337 e. The molecule has 3 aliphatic heterocycles. The van der Waals surface area contributed by atoms with Crippen LogP contribution in [0.4, 0.5) is 0 Å². The number of hydrogen-bond donors (Lipinski definition) is 2. The summed E-state index contributed by atoms with van der Waals surface area (Å²) in [7, 11) is 0. The van der Waals surface area contributed by atoms with Gasteiger partial charge in [0.1, 0.15) is 12.1 Å². The summed E-state index contributed by atoms with van der Waals surface area (Å²) in [5.41, 5.74) is 0.826. The summed E-state index contributed by atoms with van der Waals surface area (Å²) in [6.07, 6.45) is -0.631. The summed E-state index contributed by atoms with van der Waals surface area (Å²) in [6, 6.07) is 9.90. The van der Waals surface area contributed by atoms with Crippen molar-refractivity contribution in [2.75, 3.05) is 0 Å². The average molecular weight is 536 g/mol. The van der Waals surface area contributed by atoms with Gasteiger partial charge in [0.05, 0.1) is 22.3 Å². The molecule has 200 valence electrons. The largest absolute Gasteiger partial charge is 0.481 e. The molecular formula is C26H20N2O11. The van der Waals surface area contributed by atoms with Crippen LogP contribution in [0.25, 0.3) is 0 Å². The molecule has 1 saturated heterocycles. The molecule has 0 radical (unpaired) electrons. The van der Waals surface area contributed by atoms with E-state index in [4.69, 9.17) is 10.2 Å². The van der Waals surface area contributed by atoms with E-state index in [9.17, 15) is 38.4 Å². The zero-order valence-electron chi connectivity index (χ0n) is 20.1. The number of fused-ring (bicyclic) bond motifs is 2. The zero-order chi connectivity index (χ0) is 28.4. The van der Waals surface area contributed by atoms with E-state index in [0.717, 1.165) is 4.90 Å². The summed E-state index contributed by atoms with van der Waals surface area (Å²) in [6.45, 7) is 0. The average Bonchev–Trinajstić information content (AvgIpc) is 3.30. The lowest BCUT2D eigenvalue weighted by Gasteiger charge is -2.26. The number of cyclic esters (lactones) is 2. The van der Waals surface area contributed by atoms with Crippen LogP contribution in [0.3, 0.4) is 0 Å². The number of ether oxygens (including phenoxy) is 1. The molecule has 4 amide bonds. The number of nitrogens with zero attached hydrogens (tertiary/aromatic N) is 2. The van der Waals surface area contributed by atoms with Gasteiger partial charge in [-0.1, -0.05) is 24.3 Å². The molecule has 0 saturated carbocycles. The Morgan fingerprint density at radius 3 is 1.67 bits per heavy atom. The number of carboxylic acid groups (broad SMARTS) is 2. The lowest BCUT2D eigenvalue weighted by atomic mass is 10.1. The van der Waals surface area contributed by atoms with Gasteiger partial charge in [-0.15, -0.1) is 0 Å². The number of benzene rings is 2. The van der Waals surface area contributed by atoms with Crippen LogP contribution in [-0.2, 0) is 23.9 Å². The highest BCUT2D eigenvalue weighted by Crippen LogP contribution is 2.28. The van der Waals surface area contributed by atoms with E-state index in [2.05, 4.69) is 4.74 Å². The molecule has 0 spiro atoms. The third kappa shape index (κ3) is 5.01. The van der Waals surface area contributed by atoms with Crippen molar-refractivity contribution in [2.24, 2.45) is 0 Å². The molecule has 3 heterocycles. The Morgan fingerprint density at radius 2 is 1.26 bits per heavy atom.